The van der Waals surface area contributed by atoms with Gasteiger partial charge >= 0.3 is 0 Å². The van der Waals surface area contributed by atoms with E-state index in [0.29, 0.717) is 53.2 Å². The molecular weight excluding hydrogens is 573 g/mol. The Labute approximate surface area is 257 Å². The van der Waals surface area contributed by atoms with E-state index in [1.165, 1.54) is 0 Å². The highest BCUT2D eigenvalue weighted by atomic mass is 35.5. The van der Waals surface area contributed by atoms with Crippen LogP contribution in [0.2, 0.25) is 10.0 Å². The minimum atomic E-state index is -0.563. The van der Waals surface area contributed by atoms with Gasteiger partial charge in [-0.3, -0.25) is 9.59 Å². The van der Waals surface area contributed by atoms with Crippen molar-refractivity contribution in [2.24, 2.45) is 0 Å². The Balaban J connectivity index is 1.37. The van der Waals surface area contributed by atoms with E-state index in [2.05, 4.69) is 22.8 Å². The van der Waals surface area contributed by atoms with Crippen LogP contribution in [-0.4, -0.2) is 63.7 Å². The molecule has 3 aromatic carbocycles. The largest absolute Gasteiger partial charge is 0.497 e. The smallest absolute Gasteiger partial charge is 0.254 e. The van der Waals surface area contributed by atoms with Gasteiger partial charge in [0.2, 0.25) is 5.91 Å². The normalized spacial score (nSPS) is 19.8. The summed E-state index contributed by atoms with van der Waals surface area (Å²) in [4.78, 5) is 29.4. The lowest BCUT2D eigenvalue weighted by atomic mass is 9.72. The highest BCUT2D eigenvalue weighted by Gasteiger charge is 2.44. The Kier molecular flexibility index (Phi) is 9.31. The van der Waals surface area contributed by atoms with Gasteiger partial charge in [0.05, 0.1) is 29.7 Å². The van der Waals surface area contributed by atoms with Gasteiger partial charge in [0.25, 0.3) is 5.91 Å². The molecule has 7 nitrogen and oxygen atoms in total. The van der Waals surface area contributed by atoms with E-state index < -0.39 is 10.8 Å². The van der Waals surface area contributed by atoms with Gasteiger partial charge in [0.1, 0.15) is 11.5 Å². The summed E-state index contributed by atoms with van der Waals surface area (Å²) in [5, 5.41) is 7.62. The first-order valence-corrected chi connectivity index (χ1v) is 15.1. The summed E-state index contributed by atoms with van der Waals surface area (Å²) in [6.07, 6.45) is 2.85. The minimum Gasteiger partial charge on any atom is -0.497 e. The summed E-state index contributed by atoms with van der Waals surface area (Å²) in [5.74, 6) is 1.06. The third kappa shape index (κ3) is 6.10. The van der Waals surface area contributed by atoms with Crippen LogP contribution in [0.15, 0.2) is 66.7 Å². The highest BCUT2D eigenvalue weighted by Crippen LogP contribution is 2.41. The number of amides is 2. The molecule has 2 heterocycles. The molecule has 9 heteroatoms. The molecule has 0 saturated carbocycles. The molecule has 5 rings (SSSR count). The number of hydrogen-bond donors (Lipinski definition) is 2. The van der Waals surface area contributed by atoms with Crippen molar-refractivity contribution in [3.63, 3.8) is 0 Å². The predicted molar refractivity (Wildman–Crippen MR) is 166 cm³/mol. The summed E-state index contributed by atoms with van der Waals surface area (Å²) >= 11 is 12.7. The molecule has 2 fully saturated rings. The van der Waals surface area contributed by atoms with Crippen molar-refractivity contribution in [1.29, 1.82) is 0 Å². The first-order chi connectivity index (χ1) is 20.3. The number of nitrogens with one attached hydrogen (secondary N) is 2. The number of ether oxygens (including phenoxy) is 2. The fraction of sp³-hybridized carbons (Fsp3) is 0.394. The quantitative estimate of drug-likeness (QED) is 0.329. The second-order valence-electron chi connectivity index (χ2n) is 11.2. The van der Waals surface area contributed by atoms with E-state index in [4.69, 9.17) is 32.7 Å². The van der Waals surface area contributed by atoms with Gasteiger partial charge in [0.15, 0.2) is 0 Å². The molecule has 3 aromatic rings. The lowest BCUT2D eigenvalue weighted by Crippen LogP contribution is -2.51. The van der Waals surface area contributed by atoms with Crippen molar-refractivity contribution < 1.29 is 19.1 Å². The van der Waals surface area contributed by atoms with Gasteiger partial charge < -0.3 is 25.0 Å². The van der Waals surface area contributed by atoms with E-state index in [1.807, 2.05) is 35.2 Å². The number of piperidine rings is 1. The molecule has 0 aromatic heterocycles. The van der Waals surface area contributed by atoms with Gasteiger partial charge in [-0.05, 0) is 74.2 Å². The van der Waals surface area contributed by atoms with Crippen molar-refractivity contribution in [2.45, 2.75) is 36.5 Å². The van der Waals surface area contributed by atoms with Crippen LogP contribution in [0.5, 0.6) is 11.5 Å². The maximum absolute atomic E-state index is 13.8. The van der Waals surface area contributed by atoms with Gasteiger partial charge in [-0.15, -0.1) is 0 Å². The third-order valence-corrected chi connectivity index (χ3v) is 9.62. The number of rotatable bonds is 9. The van der Waals surface area contributed by atoms with E-state index in [-0.39, 0.29) is 11.8 Å². The SMILES string of the molecule is COc1cc(OC)cc(C(=O)N2CCC(CCNC(=O)C3(c4ccccc4)CCNCC3)(c3ccc(Cl)c(Cl)c3)C2)c1. The van der Waals surface area contributed by atoms with Crippen molar-refractivity contribution >= 4 is 35.0 Å². The number of halogens is 2. The number of likely N-dealkylation sites (tertiary alicyclic amines) is 1. The van der Waals surface area contributed by atoms with E-state index in [1.54, 1.807) is 38.5 Å². The number of benzene rings is 3. The van der Waals surface area contributed by atoms with Gasteiger partial charge in [-0.2, -0.15) is 0 Å². The van der Waals surface area contributed by atoms with Gasteiger partial charge in [-0.1, -0.05) is 59.6 Å². The van der Waals surface area contributed by atoms with Crippen LogP contribution in [0.25, 0.3) is 0 Å². The second kappa shape index (κ2) is 12.9. The topological polar surface area (TPSA) is 79.9 Å². The van der Waals surface area contributed by atoms with Gasteiger partial charge in [-0.25, -0.2) is 0 Å². The van der Waals surface area contributed by atoms with Crippen molar-refractivity contribution in [2.75, 3.05) is 46.9 Å². The number of carbonyl (C=O) groups excluding carboxylic acids is 2. The van der Waals surface area contributed by atoms with Crippen LogP contribution in [-0.2, 0) is 15.6 Å². The zero-order valence-corrected chi connectivity index (χ0v) is 25.6. The standard InChI is InChI=1S/C33H37Cl2N3O4/c1-41-26-18-23(19-27(21-26)42-2)30(39)38-17-13-32(22-38,25-8-9-28(34)29(35)20-25)10-16-37-31(40)33(11-14-36-15-12-33)24-6-4-3-5-7-24/h3-9,18-21,36H,10-17,22H2,1-2H3,(H,37,40). The van der Waals surface area contributed by atoms with Crippen LogP contribution in [0.3, 0.4) is 0 Å². The van der Waals surface area contributed by atoms with Crippen LogP contribution in [0, 0.1) is 0 Å². The molecule has 0 spiro atoms. The molecule has 0 bridgehead atoms. The number of carbonyl (C=O) groups is 2. The predicted octanol–water partition coefficient (Wildman–Crippen LogP) is 5.62. The molecular formula is C33H37Cl2N3O4. The zero-order chi connectivity index (χ0) is 29.7. The Hall–Kier alpha value is -3.26. The van der Waals surface area contributed by atoms with Crippen molar-refractivity contribution in [3.05, 3.63) is 93.5 Å². The molecule has 1 unspecified atom stereocenters. The summed E-state index contributed by atoms with van der Waals surface area (Å²) < 4.78 is 10.8. The molecule has 0 radical (unpaired) electrons. The van der Waals surface area contributed by atoms with E-state index in [9.17, 15) is 9.59 Å². The third-order valence-electron chi connectivity index (χ3n) is 8.88. The Morgan fingerprint density at radius 3 is 2.21 bits per heavy atom. The lowest BCUT2D eigenvalue weighted by Gasteiger charge is -2.37. The fourth-order valence-electron chi connectivity index (χ4n) is 6.41. The van der Waals surface area contributed by atoms with Crippen molar-refractivity contribution in [3.8, 4) is 11.5 Å². The average Bonchev–Trinajstić information content (AvgIpc) is 3.47. The van der Waals surface area contributed by atoms with Crippen LogP contribution < -0.4 is 20.1 Å². The van der Waals surface area contributed by atoms with E-state index >= 15 is 0 Å². The minimum absolute atomic E-state index is 0.0499. The maximum Gasteiger partial charge on any atom is 0.254 e. The molecule has 2 N–H and O–H groups in total. The first-order valence-electron chi connectivity index (χ1n) is 14.3. The summed E-state index contributed by atoms with van der Waals surface area (Å²) in [6, 6.07) is 21.0. The number of nitrogens with zero attached hydrogens (tertiary/aromatic N) is 1. The lowest BCUT2D eigenvalue weighted by molar-refractivity contribution is -0.127. The molecule has 1 atom stereocenters. The highest BCUT2D eigenvalue weighted by molar-refractivity contribution is 6.42. The number of methoxy groups -OCH3 is 2. The van der Waals surface area contributed by atoms with Gasteiger partial charge in [0, 0.05) is 36.7 Å². The molecule has 222 valence electrons. The molecule has 42 heavy (non-hydrogen) atoms. The Bertz CT molecular complexity index is 1410. The molecule has 2 aliphatic rings. The summed E-state index contributed by atoms with van der Waals surface area (Å²) in [5.41, 5.74) is 1.58. The Morgan fingerprint density at radius 2 is 1.57 bits per heavy atom. The van der Waals surface area contributed by atoms with Crippen LogP contribution in [0.1, 0.15) is 47.2 Å². The molecule has 2 saturated heterocycles. The van der Waals surface area contributed by atoms with Crippen LogP contribution >= 0.6 is 23.2 Å². The summed E-state index contributed by atoms with van der Waals surface area (Å²) in [6.45, 7) is 3.10. The van der Waals surface area contributed by atoms with Crippen LogP contribution in [0.4, 0.5) is 0 Å². The molecule has 0 aliphatic carbocycles. The molecule has 2 aliphatic heterocycles. The average molecular weight is 611 g/mol. The summed E-state index contributed by atoms with van der Waals surface area (Å²) in [7, 11) is 3.13. The number of hydrogen-bond acceptors (Lipinski definition) is 5. The second-order valence-corrected chi connectivity index (χ2v) is 12.0. The zero-order valence-electron chi connectivity index (χ0n) is 24.1. The first kappa shape index (κ1) is 30.2. The van der Waals surface area contributed by atoms with E-state index in [0.717, 1.165) is 43.5 Å². The fourth-order valence-corrected chi connectivity index (χ4v) is 6.71. The van der Waals surface area contributed by atoms with Crippen molar-refractivity contribution in [1.82, 2.24) is 15.5 Å². The Morgan fingerprint density at radius 1 is 0.881 bits per heavy atom. The molecule has 2 amide bonds. The maximum atomic E-state index is 13.8. The monoisotopic (exact) mass is 609 g/mol.